The van der Waals surface area contributed by atoms with Crippen molar-refractivity contribution in [3.63, 3.8) is 0 Å². The highest BCUT2D eigenvalue weighted by atomic mass is 16.5. The molecule has 0 radical (unpaired) electrons. The van der Waals surface area contributed by atoms with Gasteiger partial charge < -0.3 is 4.74 Å². The van der Waals surface area contributed by atoms with Crippen molar-refractivity contribution in [1.29, 1.82) is 10.5 Å². The Morgan fingerprint density at radius 1 is 1.33 bits per heavy atom. The van der Waals surface area contributed by atoms with Crippen LogP contribution in [0.5, 0.6) is 5.75 Å². The maximum Gasteiger partial charge on any atom is 0.156 e. The predicted octanol–water partition coefficient (Wildman–Crippen LogP) is 0.834. The van der Waals surface area contributed by atoms with Gasteiger partial charge in [0, 0.05) is 6.20 Å². The third-order valence-electron chi connectivity index (χ3n) is 1.36. The molecule has 0 aliphatic heterocycles. The Hall–Kier alpha value is -2.07. The van der Waals surface area contributed by atoms with Gasteiger partial charge in [0.25, 0.3) is 0 Å². The minimum absolute atomic E-state index is 0.231. The van der Waals surface area contributed by atoms with Crippen molar-refractivity contribution in [2.24, 2.45) is 0 Å². The fourth-order valence-electron chi connectivity index (χ4n) is 0.796. The lowest BCUT2D eigenvalue weighted by Gasteiger charge is -2.00. The molecule has 0 amide bonds. The molecular formula is C8H5N3O. The molecule has 0 unspecified atom stereocenters. The molecule has 0 aliphatic carbocycles. The number of pyridine rings is 1. The molecule has 0 saturated heterocycles. The van der Waals surface area contributed by atoms with Gasteiger partial charge in [-0.05, 0) is 0 Å². The Morgan fingerprint density at radius 2 is 2.08 bits per heavy atom. The Morgan fingerprint density at radius 3 is 2.58 bits per heavy atom. The molecule has 1 heterocycles. The number of nitrogens with zero attached hydrogens (tertiary/aromatic N) is 3. The fourth-order valence-corrected chi connectivity index (χ4v) is 0.796. The third-order valence-corrected chi connectivity index (χ3v) is 1.36. The Bertz CT molecular complexity index is 373. The van der Waals surface area contributed by atoms with Crippen LogP contribution >= 0.6 is 0 Å². The van der Waals surface area contributed by atoms with Crippen molar-refractivity contribution in [1.82, 2.24) is 4.98 Å². The van der Waals surface area contributed by atoms with Crippen LogP contribution in [-0.2, 0) is 0 Å². The first-order valence-electron chi connectivity index (χ1n) is 3.15. The highest BCUT2D eigenvalue weighted by Gasteiger charge is 2.07. The average Bonchev–Trinajstić information content (AvgIpc) is 2.16. The van der Waals surface area contributed by atoms with Crippen molar-refractivity contribution < 1.29 is 4.74 Å². The summed E-state index contributed by atoms with van der Waals surface area (Å²) in [6.45, 7) is 0. The summed E-state index contributed by atoms with van der Waals surface area (Å²) in [5.74, 6) is 0.330. The van der Waals surface area contributed by atoms with Crippen LogP contribution in [0.25, 0.3) is 0 Å². The average molecular weight is 159 g/mol. The van der Waals surface area contributed by atoms with Crippen LogP contribution in [-0.4, -0.2) is 12.1 Å². The van der Waals surface area contributed by atoms with Crippen molar-refractivity contribution in [3.05, 3.63) is 23.5 Å². The highest BCUT2D eigenvalue weighted by Crippen LogP contribution is 2.18. The van der Waals surface area contributed by atoms with E-state index in [4.69, 9.17) is 15.3 Å². The molecule has 0 spiro atoms. The summed E-state index contributed by atoms with van der Waals surface area (Å²) in [4.78, 5) is 3.74. The summed E-state index contributed by atoms with van der Waals surface area (Å²) < 4.78 is 4.84. The van der Waals surface area contributed by atoms with E-state index in [9.17, 15) is 0 Å². The maximum absolute atomic E-state index is 8.65. The minimum Gasteiger partial charge on any atom is -0.494 e. The standard InChI is InChI=1S/C8H5N3O/c1-12-8-5-11-4-6(2-9)7(8)3-10/h4-5H,1H3. The van der Waals surface area contributed by atoms with Crippen LogP contribution in [0.2, 0.25) is 0 Å². The lowest BCUT2D eigenvalue weighted by Crippen LogP contribution is -1.92. The van der Waals surface area contributed by atoms with Gasteiger partial charge in [-0.15, -0.1) is 0 Å². The monoisotopic (exact) mass is 159 g/mol. The normalized spacial score (nSPS) is 8.25. The SMILES string of the molecule is COc1cncc(C#N)c1C#N. The molecule has 0 fully saturated rings. The van der Waals surface area contributed by atoms with Crippen molar-refractivity contribution in [3.8, 4) is 17.9 Å². The van der Waals surface area contributed by atoms with E-state index in [0.29, 0.717) is 5.75 Å². The summed E-state index contributed by atoms with van der Waals surface area (Å²) >= 11 is 0. The van der Waals surface area contributed by atoms with Gasteiger partial charge in [0.05, 0.1) is 18.9 Å². The second-order valence-electron chi connectivity index (χ2n) is 1.99. The van der Waals surface area contributed by atoms with Crippen molar-refractivity contribution in [2.45, 2.75) is 0 Å². The molecule has 0 aliphatic rings. The number of nitriles is 2. The first kappa shape index (κ1) is 8.03. The largest absolute Gasteiger partial charge is 0.494 e. The molecule has 0 N–H and O–H groups in total. The number of aromatic nitrogens is 1. The number of ether oxygens (including phenoxy) is 1. The topological polar surface area (TPSA) is 69.7 Å². The smallest absolute Gasteiger partial charge is 0.156 e. The first-order chi connectivity index (χ1) is 5.83. The molecule has 0 saturated carbocycles. The van der Waals surface area contributed by atoms with Crippen molar-refractivity contribution >= 4 is 0 Å². The van der Waals surface area contributed by atoms with Crippen LogP contribution in [0, 0.1) is 22.7 Å². The summed E-state index contributed by atoms with van der Waals surface area (Å²) in [5.41, 5.74) is 0.465. The molecular weight excluding hydrogens is 154 g/mol. The minimum atomic E-state index is 0.231. The Balaban J connectivity index is 3.37. The van der Waals surface area contributed by atoms with Gasteiger partial charge in [-0.3, -0.25) is 4.98 Å². The molecule has 58 valence electrons. The van der Waals surface area contributed by atoms with Crippen LogP contribution in [0.1, 0.15) is 11.1 Å². The maximum atomic E-state index is 8.65. The van der Waals surface area contributed by atoms with Gasteiger partial charge in [0.1, 0.15) is 17.7 Å². The highest BCUT2D eigenvalue weighted by molar-refractivity contribution is 5.51. The number of hydrogen-bond donors (Lipinski definition) is 0. The van der Waals surface area contributed by atoms with Gasteiger partial charge in [0.2, 0.25) is 0 Å². The van der Waals surface area contributed by atoms with Gasteiger partial charge in [-0.2, -0.15) is 10.5 Å². The molecule has 0 aromatic carbocycles. The quantitative estimate of drug-likeness (QED) is 0.608. The van der Waals surface area contributed by atoms with E-state index in [1.807, 2.05) is 12.1 Å². The number of hydrogen-bond acceptors (Lipinski definition) is 4. The van der Waals surface area contributed by atoms with Crippen LogP contribution in [0.15, 0.2) is 12.4 Å². The van der Waals surface area contributed by atoms with E-state index in [0.717, 1.165) is 0 Å². The van der Waals surface area contributed by atoms with E-state index in [-0.39, 0.29) is 11.1 Å². The molecule has 1 aromatic rings. The third kappa shape index (κ3) is 1.18. The van der Waals surface area contributed by atoms with Crippen LogP contribution in [0.3, 0.4) is 0 Å². The van der Waals surface area contributed by atoms with E-state index < -0.39 is 0 Å². The molecule has 12 heavy (non-hydrogen) atoms. The zero-order valence-electron chi connectivity index (χ0n) is 6.40. The molecule has 4 heteroatoms. The van der Waals surface area contributed by atoms with E-state index in [1.54, 1.807) is 0 Å². The molecule has 1 rings (SSSR count). The van der Waals surface area contributed by atoms with E-state index >= 15 is 0 Å². The predicted molar refractivity (Wildman–Crippen MR) is 40.2 cm³/mol. The summed E-state index contributed by atoms with van der Waals surface area (Å²) in [7, 11) is 1.43. The lowest BCUT2D eigenvalue weighted by molar-refractivity contribution is 0.411. The van der Waals surface area contributed by atoms with Gasteiger partial charge >= 0.3 is 0 Å². The van der Waals surface area contributed by atoms with Crippen LogP contribution in [0.4, 0.5) is 0 Å². The summed E-state index contributed by atoms with van der Waals surface area (Å²) in [5, 5.41) is 17.2. The lowest BCUT2D eigenvalue weighted by atomic mass is 10.1. The number of rotatable bonds is 1. The zero-order valence-corrected chi connectivity index (χ0v) is 6.40. The van der Waals surface area contributed by atoms with Gasteiger partial charge in [-0.1, -0.05) is 0 Å². The van der Waals surface area contributed by atoms with Gasteiger partial charge in [0.15, 0.2) is 5.75 Å². The van der Waals surface area contributed by atoms with Crippen LogP contribution < -0.4 is 4.74 Å². The summed E-state index contributed by atoms with van der Waals surface area (Å²) in [6, 6.07) is 3.73. The zero-order chi connectivity index (χ0) is 8.97. The molecule has 0 bridgehead atoms. The second kappa shape index (κ2) is 3.36. The van der Waals surface area contributed by atoms with E-state index in [1.165, 1.54) is 19.5 Å². The summed E-state index contributed by atoms with van der Waals surface area (Å²) in [6.07, 6.45) is 2.74. The molecule has 4 nitrogen and oxygen atoms in total. The first-order valence-corrected chi connectivity index (χ1v) is 3.15. The Kier molecular flexibility index (Phi) is 2.25. The molecule has 1 aromatic heterocycles. The molecule has 0 atom stereocenters. The van der Waals surface area contributed by atoms with E-state index in [2.05, 4.69) is 4.98 Å². The fraction of sp³-hybridized carbons (Fsp3) is 0.125. The van der Waals surface area contributed by atoms with Crippen molar-refractivity contribution in [2.75, 3.05) is 7.11 Å². The second-order valence-corrected chi connectivity index (χ2v) is 1.99. The Labute approximate surface area is 69.6 Å². The van der Waals surface area contributed by atoms with Gasteiger partial charge in [-0.25, -0.2) is 0 Å². The number of methoxy groups -OCH3 is 1.